The summed E-state index contributed by atoms with van der Waals surface area (Å²) in [4.78, 5) is 21.9. The summed E-state index contributed by atoms with van der Waals surface area (Å²) in [5, 5.41) is 10.6. The van der Waals surface area contributed by atoms with Gasteiger partial charge in [0, 0.05) is 73.4 Å². The predicted molar refractivity (Wildman–Crippen MR) is 135 cm³/mol. The van der Waals surface area contributed by atoms with E-state index in [9.17, 15) is 5.26 Å². The van der Waals surface area contributed by atoms with Crippen molar-refractivity contribution in [2.45, 2.75) is 6.54 Å². The SMILES string of the molecule is CN1CCN(Cc2cc3nc(-c4cc(C#N)cc5[nH]ccc45)nc(N4CCOCC4)c3s2)CC1. The van der Waals surface area contributed by atoms with Gasteiger partial charge in [-0.15, -0.1) is 11.3 Å². The molecule has 1 N–H and O–H groups in total. The van der Waals surface area contributed by atoms with Gasteiger partial charge in [0.25, 0.3) is 0 Å². The van der Waals surface area contributed by atoms with Gasteiger partial charge in [-0.05, 0) is 31.3 Å². The van der Waals surface area contributed by atoms with Crippen molar-refractivity contribution in [1.29, 1.82) is 5.26 Å². The zero-order chi connectivity index (χ0) is 23.1. The molecule has 3 aromatic heterocycles. The largest absolute Gasteiger partial charge is 0.378 e. The summed E-state index contributed by atoms with van der Waals surface area (Å²) >= 11 is 1.81. The molecule has 0 radical (unpaired) electrons. The minimum atomic E-state index is 0.600. The minimum absolute atomic E-state index is 0.600. The van der Waals surface area contributed by atoms with E-state index in [1.807, 2.05) is 35.7 Å². The van der Waals surface area contributed by atoms with Crippen molar-refractivity contribution in [3.05, 3.63) is 40.9 Å². The molecule has 0 saturated carbocycles. The maximum atomic E-state index is 9.58. The number of thiophene rings is 1. The van der Waals surface area contributed by atoms with Crippen LogP contribution in [0.1, 0.15) is 10.4 Å². The first kappa shape index (κ1) is 21.5. The number of nitrogens with one attached hydrogen (secondary N) is 1. The van der Waals surface area contributed by atoms with Crippen LogP contribution >= 0.6 is 11.3 Å². The Morgan fingerprint density at radius 3 is 2.71 bits per heavy atom. The predicted octanol–water partition coefficient (Wildman–Crippen LogP) is 3.30. The van der Waals surface area contributed by atoms with Crippen molar-refractivity contribution < 1.29 is 4.74 Å². The molecule has 0 atom stereocenters. The Balaban J connectivity index is 1.46. The average molecular weight is 474 g/mol. The molecule has 0 unspecified atom stereocenters. The number of aromatic amines is 1. The summed E-state index contributed by atoms with van der Waals surface area (Å²) in [7, 11) is 2.19. The fourth-order valence-electron chi connectivity index (χ4n) is 4.80. The summed E-state index contributed by atoms with van der Waals surface area (Å²) in [5.74, 6) is 1.64. The first-order valence-electron chi connectivity index (χ1n) is 11.7. The summed E-state index contributed by atoms with van der Waals surface area (Å²) < 4.78 is 6.74. The highest BCUT2D eigenvalue weighted by Gasteiger charge is 2.22. The molecule has 2 fully saturated rings. The molecule has 0 spiro atoms. The number of rotatable bonds is 4. The number of piperazine rings is 1. The van der Waals surface area contributed by atoms with Crippen LogP contribution in [0.2, 0.25) is 0 Å². The number of nitrogens with zero attached hydrogens (tertiary/aromatic N) is 6. The lowest BCUT2D eigenvalue weighted by molar-refractivity contribution is 0.122. The second-order valence-electron chi connectivity index (χ2n) is 9.05. The van der Waals surface area contributed by atoms with E-state index in [-0.39, 0.29) is 0 Å². The summed E-state index contributed by atoms with van der Waals surface area (Å²) in [5.41, 5.74) is 3.39. The van der Waals surface area contributed by atoms with E-state index < -0.39 is 0 Å². The molecule has 0 aliphatic carbocycles. The molecule has 34 heavy (non-hydrogen) atoms. The van der Waals surface area contributed by atoms with Gasteiger partial charge in [-0.25, -0.2) is 9.97 Å². The Kier molecular flexibility index (Phi) is 5.67. The van der Waals surface area contributed by atoms with Crippen LogP contribution < -0.4 is 4.90 Å². The fourth-order valence-corrected chi connectivity index (χ4v) is 5.95. The van der Waals surface area contributed by atoms with Crippen molar-refractivity contribution in [3.8, 4) is 17.5 Å². The number of hydrogen-bond donors (Lipinski definition) is 1. The number of aromatic nitrogens is 3. The van der Waals surface area contributed by atoms with Crippen molar-refractivity contribution in [2.24, 2.45) is 0 Å². The molecule has 2 aliphatic rings. The van der Waals surface area contributed by atoms with Crippen LogP contribution in [0.15, 0.2) is 30.5 Å². The quantitative estimate of drug-likeness (QED) is 0.487. The van der Waals surface area contributed by atoms with Crippen LogP contribution in [0, 0.1) is 11.3 Å². The van der Waals surface area contributed by atoms with Crippen LogP contribution in [0.3, 0.4) is 0 Å². The lowest BCUT2D eigenvalue weighted by atomic mass is 10.1. The van der Waals surface area contributed by atoms with Gasteiger partial charge in [0.05, 0.1) is 35.1 Å². The highest BCUT2D eigenvalue weighted by atomic mass is 32.1. The number of H-pyrrole nitrogens is 1. The third kappa shape index (κ3) is 4.03. The molecule has 6 rings (SSSR count). The Labute approximate surface area is 202 Å². The van der Waals surface area contributed by atoms with Gasteiger partial charge in [0.1, 0.15) is 0 Å². The van der Waals surface area contributed by atoms with Crippen LogP contribution in [0.4, 0.5) is 5.82 Å². The van der Waals surface area contributed by atoms with E-state index >= 15 is 0 Å². The highest BCUT2D eigenvalue weighted by molar-refractivity contribution is 7.19. The zero-order valence-corrected chi connectivity index (χ0v) is 20.1. The molecule has 0 amide bonds. The Morgan fingerprint density at radius 2 is 1.91 bits per heavy atom. The fraction of sp³-hybridized carbons (Fsp3) is 0.400. The van der Waals surface area contributed by atoms with E-state index in [1.54, 1.807) is 0 Å². The number of benzene rings is 1. The third-order valence-corrected chi connectivity index (χ3v) is 7.83. The third-order valence-electron chi connectivity index (χ3n) is 6.73. The van der Waals surface area contributed by atoms with E-state index in [2.05, 4.69) is 38.9 Å². The molecule has 4 aromatic rings. The molecule has 5 heterocycles. The van der Waals surface area contributed by atoms with Crippen molar-refractivity contribution >= 4 is 38.3 Å². The number of nitriles is 1. The lowest BCUT2D eigenvalue weighted by Crippen LogP contribution is -2.43. The van der Waals surface area contributed by atoms with Crippen LogP contribution in [-0.4, -0.2) is 84.3 Å². The van der Waals surface area contributed by atoms with Crippen molar-refractivity contribution in [3.63, 3.8) is 0 Å². The number of ether oxygens (including phenoxy) is 1. The van der Waals surface area contributed by atoms with E-state index in [1.165, 1.54) is 4.88 Å². The molecular weight excluding hydrogens is 446 g/mol. The Bertz CT molecular complexity index is 1370. The molecule has 9 heteroatoms. The number of hydrogen-bond acceptors (Lipinski definition) is 8. The molecule has 0 bridgehead atoms. The van der Waals surface area contributed by atoms with Gasteiger partial charge in [0.2, 0.25) is 0 Å². The average Bonchev–Trinajstić information content (AvgIpc) is 3.51. The summed E-state index contributed by atoms with van der Waals surface area (Å²) in [6, 6.07) is 10.3. The van der Waals surface area contributed by atoms with Crippen LogP contribution in [-0.2, 0) is 11.3 Å². The number of anilines is 1. The summed E-state index contributed by atoms with van der Waals surface area (Å²) in [6.07, 6.45) is 1.90. The number of morpholine rings is 1. The van der Waals surface area contributed by atoms with Gasteiger partial charge < -0.3 is 19.5 Å². The maximum Gasteiger partial charge on any atom is 0.162 e. The number of fused-ring (bicyclic) bond motifs is 2. The molecule has 174 valence electrons. The molecule has 2 aliphatic heterocycles. The van der Waals surface area contributed by atoms with Gasteiger partial charge in [0.15, 0.2) is 11.6 Å². The number of likely N-dealkylation sites (N-methyl/N-ethyl adjacent to an activating group) is 1. The second kappa shape index (κ2) is 8.96. The molecular formula is C25H27N7OS. The van der Waals surface area contributed by atoms with Gasteiger partial charge in [-0.1, -0.05) is 0 Å². The topological polar surface area (TPSA) is 84.3 Å². The monoisotopic (exact) mass is 473 g/mol. The van der Waals surface area contributed by atoms with E-state index in [0.29, 0.717) is 24.6 Å². The van der Waals surface area contributed by atoms with Crippen LogP contribution in [0.5, 0.6) is 0 Å². The molecule has 1 aromatic carbocycles. The maximum absolute atomic E-state index is 9.58. The van der Waals surface area contributed by atoms with Crippen molar-refractivity contribution in [1.82, 2.24) is 24.8 Å². The Morgan fingerprint density at radius 1 is 1.09 bits per heavy atom. The first-order chi connectivity index (χ1) is 16.7. The van der Waals surface area contributed by atoms with Crippen LogP contribution in [0.25, 0.3) is 32.5 Å². The van der Waals surface area contributed by atoms with Crippen molar-refractivity contribution in [2.75, 3.05) is 64.4 Å². The smallest absolute Gasteiger partial charge is 0.162 e. The van der Waals surface area contributed by atoms with Gasteiger partial charge >= 0.3 is 0 Å². The Hall–Kier alpha value is -3.03. The lowest BCUT2D eigenvalue weighted by Gasteiger charge is -2.31. The molecule has 2 saturated heterocycles. The van der Waals surface area contributed by atoms with Gasteiger partial charge in [-0.3, -0.25) is 4.90 Å². The minimum Gasteiger partial charge on any atom is -0.378 e. The molecule has 8 nitrogen and oxygen atoms in total. The first-order valence-corrected chi connectivity index (χ1v) is 12.6. The highest BCUT2D eigenvalue weighted by Crippen LogP contribution is 2.36. The standard InChI is InChI=1S/C25H27N7OS/c1-30-4-6-31(7-5-30)16-18-14-22-23(34-18)25(32-8-10-33-11-9-32)29-24(28-22)20-12-17(15-26)13-21-19(20)2-3-27-21/h2-3,12-14,27H,4-11,16H2,1H3. The van der Waals surface area contributed by atoms with Gasteiger partial charge in [-0.2, -0.15) is 5.26 Å². The zero-order valence-electron chi connectivity index (χ0n) is 19.3. The van der Waals surface area contributed by atoms with E-state index in [0.717, 1.165) is 78.3 Å². The normalized spacial score (nSPS) is 18.1. The summed E-state index contributed by atoms with van der Waals surface area (Å²) in [6.45, 7) is 8.36. The second-order valence-corrected chi connectivity index (χ2v) is 10.2. The van der Waals surface area contributed by atoms with E-state index in [4.69, 9.17) is 14.7 Å².